The average Bonchev–Trinajstić information content (AvgIpc) is 3.30. The monoisotopic (exact) mass is 362 g/mol. The lowest BCUT2D eigenvalue weighted by Crippen LogP contribution is -2.17. The number of nitriles is 1. The number of nitrogens with two attached hydrogens (primary N) is 1. The van der Waals surface area contributed by atoms with Gasteiger partial charge in [0, 0.05) is 28.5 Å². The van der Waals surface area contributed by atoms with Crippen LogP contribution in [0.2, 0.25) is 0 Å². The third-order valence-corrected chi connectivity index (χ3v) is 6.16. The van der Waals surface area contributed by atoms with Crippen molar-refractivity contribution in [2.45, 2.75) is 18.2 Å². The fourth-order valence-corrected chi connectivity index (χ4v) is 4.61. The largest absolute Gasteiger partial charge is 0.379 e. The zero-order chi connectivity index (χ0) is 18.3. The van der Waals surface area contributed by atoms with E-state index in [0.29, 0.717) is 44.6 Å². The smallest absolute Gasteiger partial charge is 0.154 e. The van der Waals surface area contributed by atoms with E-state index < -0.39 is 0 Å². The number of hydrogen-bond acceptors (Lipinski definition) is 5. The van der Waals surface area contributed by atoms with E-state index in [1.165, 1.54) is 12.3 Å². The van der Waals surface area contributed by atoms with Crippen molar-refractivity contribution in [1.82, 2.24) is 4.98 Å². The van der Waals surface area contributed by atoms with E-state index in [9.17, 15) is 4.39 Å². The molecule has 4 unspecified atom stereocenters. The highest BCUT2D eigenvalue weighted by Crippen LogP contribution is 2.58. The number of pyridine rings is 1. The molecule has 2 heterocycles. The molecule has 0 saturated heterocycles. The summed E-state index contributed by atoms with van der Waals surface area (Å²) in [6.07, 6.45) is 1.48. The molecule has 26 heavy (non-hydrogen) atoms. The molecule has 0 amide bonds. The number of benzene rings is 1. The van der Waals surface area contributed by atoms with Crippen LogP contribution >= 0.6 is 11.8 Å². The Labute approximate surface area is 155 Å². The van der Waals surface area contributed by atoms with Crippen molar-refractivity contribution in [2.75, 3.05) is 0 Å². The predicted octanol–water partition coefficient (Wildman–Crippen LogP) is 3.23. The number of nitrogens with zero attached hydrogens (tertiary/aromatic N) is 3. The van der Waals surface area contributed by atoms with Gasteiger partial charge in [-0.3, -0.25) is 4.99 Å². The quantitative estimate of drug-likeness (QED) is 0.791. The summed E-state index contributed by atoms with van der Waals surface area (Å²) in [5.74, 6) is 6.48. The fourth-order valence-electron chi connectivity index (χ4n) is 3.30. The Kier molecular flexibility index (Phi) is 4.14. The Hall–Kier alpha value is -2.83. The van der Waals surface area contributed by atoms with Gasteiger partial charge in [0.05, 0.1) is 11.6 Å². The second-order valence-corrected chi connectivity index (χ2v) is 7.66. The van der Waals surface area contributed by atoms with Crippen LogP contribution in [0.25, 0.3) is 0 Å². The molecule has 1 aliphatic heterocycles. The number of halogens is 1. The lowest BCUT2D eigenvalue weighted by molar-refractivity contribution is 0.538. The molecule has 2 N–H and O–H groups in total. The maximum Gasteiger partial charge on any atom is 0.154 e. The van der Waals surface area contributed by atoms with E-state index in [1.54, 1.807) is 36.0 Å². The van der Waals surface area contributed by atoms with Crippen molar-refractivity contribution in [1.29, 1.82) is 5.26 Å². The molecule has 0 spiro atoms. The molecule has 128 valence electrons. The average molecular weight is 362 g/mol. The van der Waals surface area contributed by atoms with Crippen LogP contribution in [0, 0.1) is 40.8 Å². The van der Waals surface area contributed by atoms with E-state index in [4.69, 9.17) is 11.0 Å². The van der Waals surface area contributed by atoms with Crippen LogP contribution in [-0.2, 0) is 0 Å². The van der Waals surface area contributed by atoms with E-state index in [1.807, 2.05) is 6.07 Å². The highest BCUT2D eigenvalue weighted by atomic mass is 32.2. The minimum atomic E-state index is -0.279. The minimum absolute atomic E-state index is 0.244. The SMILES string of the molecule is CC1C2SC(N)=NC(c3cc(C#Cc4ccc(C#N)cn4)ccc3F)C12. The van der Waals surface area contributed by atoms with Gasteiger partial charge < -0.3 is 5.73 Å². The van der Waals surface area contributed by atoms with Crippen molar-refractivity contribution >= 4 is 16.9 Å². The number of amidine groups is 1. The third kappa shape index (κ3) is 3.05. The highest BCUT2D eigenvalue weighted by molar-refractivity contribution is 8.14. The highest BCUT2D eigenvalue weighted by Gasteiger charge is 2.55. The van der Waals surface area contributed by atoms with Crippen LogP contribution in [0.1, 0.15) is 35.3 Å². The molecule has 6 heteroatoms. The molecule has 1 saturated carbocycles. The molecular formula is C20H15FN4S. The summed E-state index contributed by atoms with van der Waals surface area (Å²) in [4.78, 5) is 8.61. The van der Waals surface area contributed by atoms with Crippen molar-refractivity contribution in [3.8, 4) is 17.9 Å². The number of hydrogen-bond donors (Lipinski definition) is 1. The topological polar surface area (TPSA) is 75.1 Å². The van der Waals surface area contributed by atoms with E-state index in [2.05, 4.69) is 28.7 Å². The molecule has 1 aromatic carbocycles. The van der Waals surface area contributed by atoms with Crippen LogP contribution < -0.4 is 5.73 Å². The Morgan fingerprint density at radius 2 is 2.00 bits per heavy atom. The molecule has 2 aliphatic rings. The van der Waals surface area contributed by atoms with E-state index in [-0.39, 0.29) is 11.9 Å². The second-order valence-electron chi connectivity index (χ2n) is 6.46. The Balaban J connectivity index is 1.64. The van der Waals surface area contributed by atoms with Gasteiger partial charge in [-0.25, -0.2) is 9.37 Å². The molecule has 4 rings (SSSR count). The van der Waals surface area contributed by atoms with Gasteiger partial charge in [0.1, 0.15) is 17.6 Å². The molecular weight excluding hydrogens is 347 g/mol. The fraction of sp³-hybridized carbons (Fsp3) is 0.250. The van der Waals surface area contributed by atoms with Gasteiger partial charge in [0.25, 0.3) is 0 Å². The molecule has 0 radical (unpaired) electrons. The summed E-state index contributed by atoms with van der Waals surface area (Å²) >= 11 is 1.59. The lowest BCUT2D eigenvalue weighted by Gasteiger charge is -2.18. The van der Waals surface area contributed by atoms with Crippen LogP contribution in [0.4, 0.5) is 4.39 Å². The standard InChI is InChI=1S/C20H15FN4S/c1-11-17-18(25-20(23)26-19(11)17)15-8-12(4-7-16(15)21)2-5-14-6-3-13(9-22)10-24-14/h3-4,6-8,10-11,17-19H,1H3,(H2,23,25). The summed E-state index contributed by atoms with van der Waals surface area (Å²) in [7, 11) is 0. The molecule has 1 aliphatic carbocycles. The van der Waals surface area contributed by atoms with Crippen molar-refractivity contribution in [2.24, 2.45) is 22.6 Å². The second kappa shape index (κ2) is 6.48. The maximum atomic E-state index is 14.4. The third-order valence-electron chi connectivity index (χ3n) is 4.79. The van der Waals surface area contributed by atoms with Gasteiger partial charge in [-0.2, -0.15) is 5.26 Å². The zero-order valence-electron chi connectivity index (χ0n) is 14.0. The van der Waals surface area contributed by atoms with Crippen molar-refractivity contribution < 1.29 is 4.39 Å². The first-order chi connectivity index (χ1) is 12.6. The number of thioether (sulfide) groups is 1. The first-order valence-corrected chi connectivity index (χ1v) is 9.12. The summed E-state index contributed by atoms with van der Waals surface area (Å²) < 4.78 is 14.4. The summed E-state index contributed by atoms with van der Waals surface area (Å²) in [5.41, 5.74) is 8.21. The molecule has 1 aromatic heterocycles. The van der Waals surface area contributed by atoms with Gasteiger partial charge in [-0.15, -0.1) is 0 Å². The normalized spacial score (nSPS) is 26.0. The number of rotatable bonds is 1. The minimum Gasteiger partial charge on any atom is -0.379 e. The Morgan fingerprint density at radius 3 is 2.73 bits per heavy atom. The van der Waals surface area contributed by atoms with E-state index >= 15 is 0 Å². The van der Waals surface area contributed by atoms with Gasteiger partial charge >= 0.3 is 0 Å². The number of aliphatic imine (C=N–C) groups is 1. The van der Waals surface area contributed by atoms with Gasteiger partial charge in [-0.1, -0.05) is 24.6 Å². The van der Waals surface area contributed by atoms with Gasteiger partial charge in [0.15, 0.2) is 5.17 Å². The molecule has 2 aromatic rings. The predicted molar refractivity (Wildman–Crippen MR) is 99.7 cm³/mol. The summed E-state index contributed by atoms with van der Waals surface area (Å²) in [6, 6.07) is 9.96. The zero-order valence-corrected chi connectivity index (χ0v) is 14.8. The first-order valence-electron chi connectivity index (χ1n) is 8.24. The van der Waals surface area contributed by atoms with Gasteiger partial charge in [0.2, 0.25) is 0 Å². The van der Waals surface area contributed by atoms with Gasteiger partial charge in [-0.05, 0) is 42.2 Å². The Morgan fingerprint density at radius 1 is 1.19 bits per heavy atom. The molecule has 0 bridgehead atoms. The van der Waals surface area contributed by atoms with Crippen LogP contribution in [0.5, 0.6) is 0 Å². The summed E-state index contributed by atoms with van der Waals surface area (Å²) in [6.45, 7) is 2.15. The first kappa shape index (κ1) is 16.6. The molecule has 4 nitrogen and oxygen atoms in total. The Bertz CT molecular complexity index is 997. The van der Waals surface area contributed by atoms with Crippen molar-refractivity contribution in [3.63, 3.8) is 0 Å². The van der Waals surface area contributed by atoms with Crippen molar-refractivity contribution in [3.05, 3.63) is 64.7 Å². The molecule has 4 atom stereocenters. The summed E-state index contributed by atoms with van der Waals surface area (Å²) in [5, 5.41) is 9.75. The van der Waals surface area contributed by atoms with Crippen LogP contribution in [0.15, 0.2) is 41.5 Å². The van der Waals surface area contributed by atoms with E-state index in [0.717, 1.165) is 0 Å². The number of aromatic nitrogens is 1. The van der Waals surface area contributed by atoms with Crippen LogP contribution in [0.3, 0.4) is 0 Å². The number of fused-ring (bicyclic) bond motifs is 1. The lowest BCUT2D eigenvalue weighted by atomic mass is 9.99. The van der Waals surface area contributed by atoms with Crippen LogP contribution in [-0.4, -0.2) is 15.4 Å². The molecule has 1 fully saturated rings. The maximum absolute atomic E-state index is 14.4.